The van der Waals surface area contributed by atoms with E-state index < -0.39 is 5.25 Å². The Hall–Kier alpha value is -3.15. The van der Waals surface area contributed by atoms with Crippen LogP contribution in [0.4, 0.5) is 0 Å². The summed E-state index contributed by atoms with van der Waals surface area (Å²) in [7, 11) is 0. The number of aromatic nitrogens is 3. The van der Waals surface area contributed by atoms with Crippen molar-refractivity contribution in [2.24, 2.45) is 0 Å². The summed E-state index contributed by atoms with van der Waals surface area (Å²) in [6.45, 7) is 5.81. The molecule has 2 aromatic heterocycles. The Morgan fingerprint density at radius 1 is 1.17 bits per heavy atom. The molecule has 0 bridgehead atoms. The van der Waals surface area contributed by atoms with E-state index >= 15 is 0 Å². The van der Waals surface area contributed by atoms with Gasteiger partial charge in [0.25, 0.3) is 5.22 Å². The largest absolute Gasteiger partial charge is 0.510 e. The third-order valence-electron chi connectivity index (χ3n) is 4.41. The van der Waals surface area contributed by atoms with Crippen molar-refractivity contribution in [1.29, 1.82) is 5.26 Å². The summed E-state index contributed by atoms with van der Waals surface area (Å²) in [6.07, 6.45) is 0. The molecule has 1 unspecified atom stereocenters. The maximum Gasteiger partial charge on any atom is 0.277 e. The molecule has 0 aliphatic carbocycles. The molecule has 1 N–H and O–H groups in total. The number of para-hydroxylation sites is 1. The van der Waals surface area contributed by atoms with Crippen LogP contribution in [0.25, 0.3) is 27.2 Å². The summed E-state index contributed by atoms with van der Waals surface area (Å²) in [5.41, 5.74) is 4.03. The highest BCUT2D eigenvalue weighted by molar-refractivity contribution is 7.99. The van der Waals surface area contributed by atoms with Crippen LogP contribution >= 0.6 is 23.1 Å². The minimum atomic E-state index is -0.459. The van der Waals surface area contributed by atoms with E-state index in [1.54, 1.807) is 6.92 Å². The molecule has 0 aliphatic rings. The number of benzene rings is 2. The summed E-state index contributed by atoms with van der Waals surface area (Å²) in [5.74, 6) is 0.361. The van der Waals surface area contributed by atoms with Crippen molar-refractivity contribution in [3.63, 3.8) is 0 Å². The number of aliphatic hydroxyl groups is 1. The van der Waals surface area contributed by atoms with Gasteiger partial charge in [-0.2, -0.15) is 5.26 Å². The molecule has 0 saturated carbocycles. The van der Waals surface area contributed by atoms with Crippen LogP contribution in [0, 0.1) is 25.2 Å². The van der Waals surface area contributed by atoms with Gasteiger partial charge in [-0.05, 0) is 45.0 Å². The van der Waals surface area contributed by atoms with E-state index in [0.29, 0.717) is 16.1 Å². The predicted octanol–water partition coefficient (Wildman–Crippen LogP) is 5.94. The SMILES string of the molecule is Cc1cc(C)cc(-c2nnc(SC(C)/C(O)=C(\C#N)c3nc4ccccc4s3)o2)c1. The van der Waals surface area contributed by atoms with Crippen LogP contribution in [-0.4, -0.2) is 25.5 Å². The normalized spacial score (nSPS) is 13.1. The van der Waals surface area contributed by atoms with Crippen molar-refractivity contribution >= 4 is 38.9 Å². The van der Waals surface area contributed by atoms with E-state index in [0.717, 1.165) is 26.9 Å². The molecule has 0 amide bonds. The van der Waals surface area contributed by atoms with Gasteiger partial charge >= 0.3 is 0 Å². The van der Waals surface area contributed by atoms with Crippen LogP contribution in [0.15, 0.2) is 57.9 Å². The third kappa shape index (κ3) is 4.08. The number of nitrogens with zero attached hydrogens (tertiary/aromatic N) is 4. The molecule has 0 fully saturated rings. The van der Waals surface area contributed by atoms with Gasteiger partial charge in [0.05, 0.1) is 15.5 Å². The van der Waals surface area contributed by atoms with E-state index in [2.05, 4.69) is 27.3 Å². The molecule has 2 heterocycles. The molecule has 150 valence electrons. The van der Waals surface area contributed by atoms with Gasteiger partial charge in [-0.1, -0.05) is 41.1 Å². The number of thioether (sulfide) groups is 1. The number of rotatable bonds is 5. The maximum absolute atomic E-state index is 10.7. The minimum absolute atomic E-state index is 0.0623. The third-order valence-corrected chi connectivity index (χ3v) is 6.41. The van der Waals surface area contributed by atoms with Crippen molar-refractivity contribution in [3.05, 3.63) is 64.4 Å². The summed E-state index contributed by atoms with van der Waals surface area (Å²) < 4.78 is 6.74. The molecule has 0 aliphatic heterocycles. The first-order valence-corrected chi connectivity index (χ1v) is 10.9. The molecule has 4 rings (SSSR count). The number of aliphatic hydroxyl groups excluding tert-OH is 1. The lowest BCUT2D eigenvalue weighted by Crippen LogP contribution is -2.04. The lowest BCUT2D eigenvalue weighted by molar-refractivity contribution is 0.400. The second-order valence-electron chi connectivity index (χ2n) is 6.87. The monoisotopic (exact) mass is 434 g/mol. The topological polar surface area (TPSA) is 95.8 Å². The summed E-state index contributed by atoms with van der Waals surface area (Å²) >= 11 is 2.57. The van der Waals surface area contributed by atoms with Crippen molar-refractivity contribution in [2.75, 3.05) is 0 Å². The van der Waals surface area contributed by atoms with Gasteiger partial charge < -0.3 is 9.52 Å². The van der Waals surface area contributed by atoms with Crippen LogP contribution in [0.5, 0.6) is 0 Å². The molecule has 30 heavy (non-hydrogen) atoms. The Morgan fingerprint density at radius 2 is 1.90 bits per heavy atom. The first-order chi connectivity index (χ1) is 14.4. The number of thiazole rings is 1. The second-order valence-corrected chi connectivity index (χ2v) is 9.19. The van der Waals surface area contributed by atoms with Gasteiger partial charge in [0.15, 0.2) is 0 Å². The number of allylic oxidation sites excluding steroid dienone is 1. The fraction of sp³-hybridized carbons (Fsp3) is 0.182. The molecular weight excluding hydrogens is 416 g/mol. The molecule has 2 aromatic carbocycles. The first-order valence-electron chi connectivity index (χ1n) is 9.22. The quantitative estimate of drug-likeness (QED) is 0.236. The van der Waals surface area contributed by atoms with Crippen LogP contribution in [0.3, 0.4) is 0 Å². The Kier molecular flexibility index (Phi) is 5.57. The van der Waals surface area contributed by atoms with Gasteiger partial charge in [-0.25, -0.2) is 4.98 Å². The van der Waals surface area contributed by atoms with E-state index in [9.17, 15) is 10.4 Å². The number of hydrogen-bond acceptors (Lipinski definition) is 8. The number of aryl methyl sites for hydroxylation is 2. The Balaban J connectivity index is 1.58. The maximum atomic E-state index is 10.7. The van der Waals surface area contributed by atoms with Crippen LogP contribution in [0.2, 0.25) is 0 Å². The zero-order valence-electron chi connectivity index (χ0n) is 16.6. The van der Waals surface area contributed by atoms with Gasteiger partial charge in [-0.15, -0.1) is 21.5 Å². The highest BCUT2D eigenvalue weighted by Gasteiger charge is 2.22. The van der Waals surface area contributed by atoms with Crippen LogP contribution in [-0.2, 0) is 0 Å². The van der Waals surface area contributed by atoms with Crippen molar-refractivity contribution in [1.82, 2.24) is 15.2 Å². The molecule has 0 spiro atoms. The van der Waals surface area contributed by atoms with Crippen molar-refractivity contribution < 1.29 is 9.52 Å². The van der Waals surface area contributed by atoms with E-state index in [-0.39, 0.29) is 11.3 Å². The number of hydrogen-bond donors (Lipinski definition) is 1. The summed E-state index contributed by atoms with van der Waals surface area (Å²) in [6, 6.07) is 15.8. The Labute approximate surface area is 181 Å². The fourth-order valence-corrected chi connectivity index (χ4v) is 4.79. The molecule has 6 nitrogen and oxygen atoms in total. The van der Waals surface area contributed by atoms with Crippen molar-refractivity contribution in [2.45, 2.75) is 31.2 Å². The Morgan fingerprint density at radius 3 is 2.60 bits per heavy atom. The molecule has 4 aromatic rings. The van der Waals surface area contributed by atoms with Crippen LogP contribution < -0.4 is 0 Å². The fourth-order valence-electron chi connectivity index (χ4n) is 3.08. The Bertz CT molecular complexity index is 1250. The lowest BCUT2D eigenvalue weighted by atomic mass is 10.1. The van der Waals surface area contributed by atoms with Gasteiger partial charge in [0.1, 0.15) is 22.4 Å². The van der Waals surface area contributed by atoms with Gasteiger partial charge in [0.2, 0.25) is 5.89 Å². The van der Waals surface area contributed by atoms with E-state index in [1.165, 1.54) is 23.1 Å². The lowest BCUT2D eigenvalue weighted by Gasteiger charge is -2.08. The molecule has 0 saturated heterocycles. The summed E-state index contributed by atoms with van der Waals surface area (Å²) in [5, 5.41) is 28.9. The average Bonchev–Trinajstić information content (AvgIpc) is 3.34. The number of fused-ring (bicyclic) bond motifs is 1. The zero-order valence-corrected chi connectivity index (χ0v) is 18.2. The zero-order chi connectivity index (χ0) is 21.3. The first kappa shape index (κ1) is 20.1. The molecule has 1 atom stereocenters. The predicted molar refractivity (Wildman–Crippen MR) is 119 cm³/mol. The minimum Gasteiger partial charge on any atom is -0.510 e. The smallest absolute Gasteiger partial charge is 0.277 e. The second kappa shape index (κ2) is 8.30. The van der Waals surface area contributed by atoms with Crippen molar-refractivity contribution in [3.8, 4) is 17.5 Å². The van der Waals surface area contributed by atoms with Crippen LogP contribution in [0.1, 0.15) is 23.1 Å². The number of nitriles is 1. The molecule has 8 heteroatoms. The van der Waals surface area contributed by atoms with E-state index in [1.807, 2.05) is 50.2 Å². The highest BCUT2D eigenvalue weighted by atomic mass is 32.2. The molecular formula is C22H18N4O2S2. The van der Waals surface area contributed by atoms with E-state index in [4.69, 9.17) is 4.42 Å². The van der Waals surface area contributed by atoms with Gasteiger partial charge in [0, 0.05) is 5.56 Å². The summed E-state index contributed by atoms with van der Waals surface area (Å²) in [4.78, 5) is 4.47. The standard InChI is InChI=1S/C22H18N4O2S2/c1-12-8-13(2)10-15(9-12)20-25-26-22(28-20)29-14(3)19(27)16(11-23)21-24-17-6-4-5-7-18(17)30-21/h4-10,14,27H,1-3H3/b19-16-. The van der Waals surface area contributed by atoms with Gasteiger partial charge in [-0.3, -0.25) is 0 Å². The average molecular weight is 435 g/mol. The molecule has 0 radical (unpaired) electrons. The highest BCUT2D eigenvalue weighted by Crippen LogP contribution is 2.34.